The second-order valence-corrected chi connectivity index (χ2v) is 7.30. The molecule has 2 rings (SSSR count). The van der Waals surface area contributed by atoms with E-state index >= 15 is 0 Å². The van der Waals surface area contributed by atoms with E-state index in [2.05, 4.69) is 20.1 Å². The van der Waals surface area contributed by atoms with Crippen LogP contribution in [0.3, 0.4) is 0 Å². The molecule has 25 heavy (non-hydrogen) atoms. The Balaban J connectivity index is 1.89. The van der Waals surface area contributed by atoms with Gasteiger partial charge in [0.05, 0.1) is 12.0 Å². The second-order valence-electron chi connectivity index (χ2n) is 6.87. The lowest BCUT2D eigenvalue weighted by Gasteiger charge is -2.36. The summed E-state index contributed by atoms with van der Waals surface area (Å²) in [5.74, 6) is 0.507. The standard InChI is InChI=1S/C18H28ClN5O/c1-4-21-16(25)18(2,3)13-22-17(20)24-11-9-23(10-12-24)15-7-5-14(19)6-8-15/h5-8H,4,9-13H2,1-3H3,(H2,20,22)(H,21,25). The summed E-state index contributed by atoms with van der Waals surface area (Å²) in [6, 6.07) is 7.87. The number of halogens is 1. The van der Waals surface area contributed by atoms with E-state index in [1.54, 1.807) is 0 Å². The Morgan fingerprint density at radius 1 is 1.24 bits per heavy atom. The summed E-state index contributed by atoms with van der Waals surface area (Å²) in [6.07, 6.45) is 0. The molecule has 1 fully saturated rings. The van der Waals surface area contributed by atoms with E-state index in [9.17, 15) is 4.79 Å². The number of anilines is 1. The number of carbonyl (C=O) groups is 1. The summed E-state index contributed by atoms with van der Waals surface area (Å²) in [6.45, 7) is 10.0. The van der Waals surface area contributed by atoms with Crippen LogP contribution >= 0.6 is 11.6 Å². The molecule has 0 bridgehead atoms. The first-order valence-electron chi connectivity index (χ1n) is 8.67. The van der Waals surface area contributed by atoms with Gasteiger partial charge in [0.25, 0.3) is 0 Å². The maximum absolute atomic E-state index is 12.0. The summed E-state index contributed by atoms with van der Waals surface area (Å²) in [4.78, 5) is 20.9. The molecular weight excluding hydrogens is 338 g/mol. The molecule has 0 aromatic heterocycles. The highest BCUT2D eigenvalue weighted by molar-refractivity contribution is 6.30. The van der Waals surface area contributed by atoms with Crippen molar-refractivity contribution in [2.24, 2.45) is 16.1 Å². The number of carbonyl (C=O) groups excluding carboxylic acids is 1. The van der Waals surface area contributed by atoms with Crippen molar-refractivity contribution in [1.82, 2.24) is 10.2 Å². The van der Waals surface area contributed by atoms with Crippen LogP contribution in [0.2, 0.25) is 5.02 Å². The van der Waals surface area contributed by atoms with Gasteiger partial charge >= 0.3 is 0 Å². The predicted molar refractivity (Wildman–Crippen MR) is 104 cm³/mol. The van der Waals surface area contributed by atoms with Crippen molar-refractivity contribution >= 4 is 29.2 Å². The van der Waals surface area contributed by atoms with Crippen molar-refractivity contribution < 1.29 is 4.79 Å². The maximum atomic E-state index is 12.0. The topological polar surface area (TPSA) is 74.0 Å². The normalized spacial score (nSPS) is 16.1. The molecule has 0 saturated carbocycles. The Morgan fingerprint density at radius 2 is 1.84 bits per heavy atom. The largest absolute Gasteiger partial charge is 0.370 e. The summed E-state index contributed by atoms with van der Waals surface area (Å²) in [7, 11) is 0. The van der Waals surface area contributed by atoms with Gasteiger partial charge < -0.3 is 20.9 Å². The molecule has 0 aliphatic carbocycles. The highest BCUT2D eigenvalue weighted by Crippen LogP contribution is 2.20. The predicted octanol–water partition coefficient (Wildman–Crippen LogP) is 1.94. The van der Waals surface area contributed by atoms with Crippen LogP contribution in [-0.2, 0) is 4.79 Å². The molecule has 1 aliphatic rings. The Hall–Kier alpha value is -1.95. The number of hydrogen-bond acceptors (Lipinski definition) is 3. The first-order chi connectivity index (χ1) is 11.8. The zero-order valence-corrected chi connectivity index (χ0v) is 16.0. The molecule has 138 valence electrons. The molecule has 1 aliphatic heterocycles. The van der Waals surface area contributed by atoms with Crippen LogP contribution in [-0.4, -0.2) is 56.0 Å². The zero-order chi connectivity index (χ0) is 18.4. The number of nitrogens with zero attached hydrogens (tertiary/aromatic N) is 3. The molecule has 0 radical (unpaired) electrons. The van der Waals surface area contributed by atoms with Crippen LogP contribution < -0.4 is 16.0 Å². The molecule has 0 atom stereocenters. The summed E-state index contributed by atoms with van der Waals surface area (Å²) in [5.41, 5.74) is 6.74. The van der Waals surface area contributed by atoms with Crippen LogP contribution in [0.1, 0.15) is 20.8 Å². The minimum absolute atomic E-state index is 0.000826. The third-order valence-electron chi connectivity index (χ3n) is 4.38. The van der Waals surface area contributed by atoms with Crippen molar-refractivity contribution in [2.75, 3.05) is 44.2 Å². The van der Waals surface area contributed by atoms with E-state index in [4.69, 9.17) is 17.3 Å². The van der Waals surface area contributed by atoms with E-state index < -0.39 is 5.41 Å². The zero-order valence-electron chi connectivity index (χ0n) is 15.3. The van der Waals surface area contributed by atoms with Crippen LogP contribution in [0.15, 0.2) is 29.3 Å². The fourth-order valence-corrected chi connectivity index (χ4v) is 2.82. The van der Waals surface area contributed by atoms with Gasteiger partial charge in [-0.15, -0.1) is 0 Å². The van der Waals surface area contributed by atoms with Gasteiger partial charge in [-0.1, -0.05) is 11.6 Å². The van der Waals surface area contributed by atoms with Gasteiger partial charge in [-0.2, -0.15) is 0 Å². The monoisotopic (exact) mass is 365 g/mol. The van der Waals surface area contributed by atoms with Crippen LogP contribution in [0.25, 0.3) is 0 Å². The molecular formula is C18H28ClN5O. The molecule has 1 amide bonds. The number of nitrogens with two attached hydrogens (primary N) is 1. The number of nitrogens with one attached hydrogen (secondary N) is 1. The number of piperazine rings is 1. The molecule has 1 aromatic rings. The first kappa shape index (κ1) is 19.4. The average Bonchev–Trinajstić information content (AvgIpc) is 2.61. The van der Waals surface area contributed by atoms with Crippen molar-refractivity contribution in [3.8, 4) is 0 Å². The van der Waals surface area contributed by atoms with E-state index in [1.165, 1.54) is 0 Å². The lowest BCUT2D eigenvalue weighted by atomic mass is 9.92. The van der Waals surface area contributed by atoms with E-state index in [0.717, 1.165) is 36.9 Å². The smallest absolute Gasteiger partial charge is 0.227 e. The minimum Gasteiger partial charge on any atom is -0.370 e. The summed E-state index contributed by atoms with van der Waals surface area (Å²) < 4.78 is 0. The minimum atomic E-state index is -0.564. The highest BCUT2D eigenvalue weighted by atomic mass is 35.5. The maximum Gasteiger partial charge on any atom is 0.227 e. The lowest BCUT2D eigenvalue weighted by molar-refractivity contribution is -0.128. The summed E-state index contributed by atoms with van der Waals surface area (Å²) in [5, 5.41) is 3.58. The number of rotatable bonds is 5. The molecule has 1 heterocycles. The fraction of sp³-hybridized carbons (Fsp3) is 0.556. The molecule has 3 N–H and O–H groups in total. The van der Waals surface area contributed by atoms with E-state index in [1.807, 2.05) is 45.0 Å². The number of aliphatic imine (C=N–C) groups is 1. The van der Waals surface area contributed by atoms with Gasteiger partial charge in [0.2, 0.25) is 5.91 Å². The van der Waals surface area contributed by atoms with Crippen molar-refractivity contribution in [3.63, 3.8) is 0 Å². The van der Waals surface area contributed by atoms with Crippen LogP contribution in [0.5, 0.6) is 0 Å². The Kier molecular flexibility index (Phi) is 6.53. The number of benzene rings is 1. The van der Waals surface area contributed by atoms with Gasteiger partial charge in [0, 0.05) is 43.4 Å². The molecule has 7 heteroatoms. The number of guanidine groups is 1. The van der Waals surface area contributed by atoms with Gasteiger partial charge in [-0.05, 0) is 45.0 Å². The number of amides is 1. The van der Waals surface area contributed by atoms with Crippen molar-refractivity contribution in [2.45, 2.75) is 20.8 Å². The molecule has 0 unspecified atom stereocenters. The average molecular weight is 366 g/mol. The van der Waals surface area contributed by atoms with Crippen molar-refractivity contribution in [1.29, 1.82) is 0 Å². The molecule has 6 nitrogen and oxygen atoms in total. The van der Waals surface area contributed by atoms with Gasteiger partial charge in [0.15, 0.2) is 5.96 Å². The van der Waals surface area contributed by atoms with Gasteiger partial charge in [-0.3, -0.25) is 9.79 Å². The Labute approximate surface area is 155 Å². The van der Waals surface area contributed by atoms with Crippen LogP contribution in [0.4, 0.5) is 5.69 Å². The quantitative estimate of drug-likeness (QED) is 0.617. The Morgan fingerprint density at radius 3 is 2.40 bits per heavy atom. The fourth-order valence-electron chi connectivity index (χ4n) is 2.70. The van der Waals surface area contributed by atoms with Gasteiger partial charge in [-0.25, -0.2) is 0 Å². The second kappa shape index (κ2) is 8.43. The van der Waals surface area contributed by atoms with Crippen LogP contribution in [0, 0.1) is 5.41 Å². The molecule has 1 aromatic carbocycles. The lowest BCUT2D eigenvalue weighted by Crippen LogP contribution is -2.51. The molecule has 0 spiro atoms. The third-order valence-corrected chi connectivity index (χ3v) is 4.64. The Bertz CT molecular complexity index is 606. The summed E-state index contributed by atoms with van der Waals surface area (Å²) >= 11 is 5.94. The SMILES string of the molecule is CCNC(=O)C(C)(C)CN=C(N)N1CCN(c2ccc(Cl)cc2)CC1. The van der Waals surface area contributed by atoms with Gasteiger partial charge in [0.1, 0.15) is 0 Å². The highest BCUT2D eigenvalue weighted by Gasteiger charge is 2.27. The van der Waals surface area contributed by atoms with E-state index in [-0.39, 0.29) is 5.91 Å². The number of hydrogen-bond donors (Lipinski definition) is 2. The first-order valence-corrected chi connectivity index (χ1v) is 9.05. The van der Waals surface area contributed by atoms with E-state index in [0.29, 0.717) is 19.0 Å². The molecule has 1 saturated heterocycles. The third kappa shape index (κ3) is 5.26. The van der Waals surface area contributed by atoms with Crippen molar-refractivity contribution in [3.05, 3.63) is 29.3 Å².